The Morgan fingerprint density at radius 3 is 2.75 bits per heavy atom. The Bertz CT molecular complexity index is 631. The number of nitrogen functional groups attached to an aromatic ring is 1. The highest BCUT2D eigenvalue weighted by Crippen LogP contribution is 2.29. The van der Waals surface area contributed by atoms with Gasteiger partial charge in [0, 0.05) is 18.8 Å². The number of rotatable bonds is 4. The number of anilines is 1. The summed E-state index contributed by atoms with van der Waals surface area (Å²) in [4.78, 5) is 5.97. The fourth-order valence-corrected chi connectivity index (χ4v) is 2.41. The molecular formula is C14H14BrFN4. The maximum atomic E-state index is 14.3. The van der Waals surface area contributed by atoms with E-state index >= 15 is 0 Å². The Labute approximate surface area is 125 Å². The van der Waals surface area contributed by atoms with Gasteiger partial charge in [-0.15, -0.1) is 0 Å². The summed E-state index contributed by atoms with van der Waals surface area (Å²) in [5.74, 6) is -0.606. The maximum absolute atomic E-state index is 14.3. The quantitative estimate of drug-likeness (QED) is 0.666. The molecule has 0 saturated carbocycles. The fraction of sp³-hybridized carbons (Fsp3) is 0.143. The minimum Gasteiger partial charge on any atom is -0.384 e. The molecule has 1 aromatic heterocycles. The van der Waals surface area contributed by atoms with Crippen molar-refractivity contribution in [3.05, 3.63) is 58.1 Å². The van der Waals surface area contributed by atoms with E-state index < -0.39 is 5.82 Å². The first-order valence-corrected chi connectivity index (χ1v) is 6.73. The minimum absolute atomic E-state index is 0.172. The number of benzene rings is 1. The van der Waals surface area contributed by atoms with E-state index in [1.165, 1.54) is 0 Å². The molecule has 0 aliphatic rings. The van der Waals surface area contributed by atoms with Crippen LogP contribution in [0, 0.1) is 11.2 Å². The van der Waals surface area contributed by atoms with Gasteiger partial charge in [0.1, 0.15) is 5.84 Å². The van der Waals surface area contributed by atoms with Crippen molar-refractivity contribution in [2.75, 3.05) is 11.9 Å². The molecule has 1 heterocycles. The van der Waals surface area contributed by atoms with Crippen molar-refractivity contribution in [3.63, 3.8) is 0 Å². The van der Waals surface area contributed by atoms with Gasteiger partial charge in [-0.25, -0.2) is 4.39 Å². The van der Waals surface area contributed by atoms with Crippen LogP contribution in [0.3, 0.4) is 0 Å². The molecule has 0 spiro atoms. The summed E-state index contributed by atoms with van der Waals surface area (Å²) in [5.41, 5.74) is 7.01. The molecule has 0 bridgehead atoms. The smallest absolute Gasteiger partial charge is 0.161 e. The van der Waals surface area contributed by atoms with Crippen LogP contribution in [-0.2, 0) is 6.54 Å². The maximum Gasteiger partial charge on any atom is 0.161 e. The third-order valence-corrected chi connectivity index (χ3v) is 3.66. The normalized spacial score (nSPS) is 10.3. The van der Waals surface area contributed by atoms with Crippen molar-refractivity contribution in [1.82, 2.24) is 4.98 Å². The molecule has 3 N–H and O–H groups in total. The zero-order valence-corrected chi connectivity index (χ0v) is 12.5. The number of aromatic nitrogens is 1. The lowest BCUT2D eigenvalue weighted by Crippen LogP contribution is -2.20. The molecule has 0 aliphatic carbocycles. The number of nitrogens with zero attached hydrogens (tertiary/aromatic N) is 2. The van der Waals surface area contributed by atoms with Gasteiger partial charge in [0.05, 0.1) is 22.4 Å². The monoisotopic (exact) mass is 336 g/mol. The van der Waals surface area contributed by atoms with Gasteiger partial charge in [0.25, 0.3) is 0 Å². The summed E-state index contributed by atoms with van der Waals surface area (Å²) in [6, 6.07) is 8.84. The average molecular weight is 337 g/mol. The van der Waals surface area contributed by atoms with Crippen LogP contribution in [0.25, 0.3) is 0 Å². The van der Waals surface area contributed by atoms with E-state index in [9.17, 15) is 4.39 Å². The Hall–Kier alpha value is -1.95. The van der Waals surface area contributed by atoms with E-state index in [2.05, 4.69) is 20.9 Å². The van der Waals surface area contributed by atoms with Gasteiger partial charge in [-0.05, 0) is 40.2 Å². The van der Waals surface area contributed by atoms with E-state index in [4.69, 9.17) is 11.1 Å². The van der Waals surface area contributed by atoms with Crippen LogP contribution in [0.2, 0.25) is 0 Å². The SMILES string of the molecule is CN(Cc1ccccn1)c1ccc(C(=N)N)c(Br)c1F. The Kier molecular flexibility index (Phi) is 4.34. The van der Waals surface area contributed by atoms with Crippen LogP contribution in [0.15, 0.2) is 41.0 Å². The highest BCUT2D eigenvalue weighted by Gasteiger charge is 2.16. The molecule has 0 amide bonds. The number of nitrogens with one attached hydrogen (secondary N) is 1. The standard InChI is InChI=1S/C14H14BrFN4/c1-20(8-9-4-2-3-7-19-9)11-6-5-10(14(17)18)12(15)13(11)16/h2-7H,8H2,1H3,(H3,17,18). The first kappa shape index (κ1) is 14.5. The number of nitrogens with two attached hydrogens (primary N) is 1. The van der Waals surface area contributed by atoms with Gasteiger partial charge in [-0.2, -0.15) is 0 Å². The zero-order chi connectivity index (χ0) is 14.7. The lowest BCUT2D eigenvalue weighted by Gasteiger charge is -2.20. The molecule has 0 unspecified atom stereocenters. The lowest BCUT2D eigenvalue weighted by molar-refractivity contribution is 0.615. The zero-order valence-electron chi connectivity index (χ0n) is 10.9. The van der Waals surface area contributed by atoms with Gasteiger partial charge in [-0.3, -0.25) is 10.4 Å². The van der Waals surface area contributed by atoms with Crippen molar-refractivity contribution >= 4 is 27.5 Å². The Balaban J connectivity index is 2.29. The number of hydrogen-bond donors (Lipinski definition) is 2. The van der Waals surface area contributed by atoms with Crippen molar-refractivity contribution in [2.45, 2.75) is 6.54 Å². The van der Waals surface area contributed by atoms with Crippen LogP contribution < -0.4 is 10.6 Å². The van der Waals surface area contributed by atoms with Crippen LogP contribution in [0.1, 0.15) is 11.3 Å². The highest BCUT2D eigenvalue weighted by atomic mass is 79.9. The van der Waals surface area contributed by atoms with Gasteiger partial charge in [-0.1, -0.05) is 6.07 Å². The molecule has 20 heavy (non-hydrogen) atoms. The summed E-state index contributed by atoms with van der Waals surface area (Å²) < 4.78 is 14.5. The van der Waals surface area contributed by atoms with E-state index in [1.807, 2.05) is 18.2 Å². The lowest BCUT2D eigenvalue weighted by atomic mass is 10.1. The van der Waals surface area contributed by atoms with E-state index in [0.29, 0.717) is 17.8 Å². The fourth-order valence-electron chi connectivity index (χ4n) is 1.86. The largest absolute Gasteiger partial charge is 0.384 e. The first-order valence-electron chi connectivity index (χ1n) is 5.94. The molecule has 2 aromatic rings. The predicted octanol–water partition coefficient (Wildman–Crippen LogP) is 2.90. The molecule has 0 saturated heterocycles. The highest BCUT2D eigenvalue weighted by molar-refractivity contribution is 9.10. The van der Waals surface area contributed by atoms with Crippen molar-refractivity contribution in [3.8, 4) is 0 Å². The van der Waals surface area contributed by atoms with Crippen molar-refractivity contribution in [1.29, 1.82) is 5.41 Å². The second-order valence-electron chi connectivity index (χ2n) is 4.35. The first-order chi connectivity index (χ1) is 9.50. The van der Waals surface area contributed by atoms with Gasteiger partial charge < -0.3 is 10.6 Å². The van der Waals surface area contributed by atoms with Crippen LogP contribution in [0.5, 0.6) is 0 Å². The van der Waals surface area contributed by atoms with Gasteiger partial charge >= 0.3 is 0 Å². The molecule has 4 nitrogen and oxygen atoms in total. The molecule has 1 aromatic carbocycles. The number of pyridine rings is 1. The van der Waals surface area contributed by atoms with Gasteiger partial charge in [0.2, 0.25) is 0 Å². The summed E-state index contributed by atoms with van der Waals surface area (Å²) in [6.07, 6.45) is 1.70. The van der Waals surface area contributed by atoms with Crippen molar-refractivity contribution < 1.29 is 4.39 Å². The third-order valence-electron chi connectivity index (χ3n) is 2.89. The number of amidine groups is 1. The molecule has 6 heteroatoms. The second-order valence-corrected chi connectivity index (χ2v) is 5.14. The molecule has 0 radical (unpaired) electrons. The van der Waals surface area contributed by atoms with Crippen molar-refractivity contribution in [2.24, 2.45) is 5.73 Å². The Morgan fingerprint density at radius 2 is 2.15 bits per heavy atom. The van der Waals surface area contributed by atoms with E-state index in [1.54, 1.807) is 30.3 Å². The molecule has 0 fully saturated rings. The average Bonchev–Trinajstić information content (AvgIpc) is 2.42. The van der Waals surface area contributed by atoms with Crippen LogP contribution in [0.4, 0.5) is 10.1 Å². The summed E-state index contributed by atoms with van der Waals surface area (Å²) >= 11 is 3.15. The molecule has 0 aliphatic heterocycles. The Morgan fingerprint density at radius 1 is 1.40 bits per heavy atom. The number of hydrogen-bond acceptors (Lipinski definition) is 3. The predicted molar refractivity (Wildman–Crippen MR) is 81.5 cm³/mol. The van der Waals surface area contributed by atoms with Crippen LogP contribution >= 0.6 is 15.9 Å². The number of halogens is 2. The second kappa shape index (κ2) is 6.00. The molecule has 0 atom stereocenters. The summed E-state index contributed by atoms with van der Waals surface area (Å²) in [6.45, 7) is 0.490. The molecular weight excluding hydrogens is 323 g/mol. The summed E-state index contributed by atoms with van der Waals surface area (Å²) in [7, 11) is 1.78. The van der Waals surface area contributed by atoms with E-state index in [-0.39, 0.29) is 10.3 Å². The molecule has 104 valence electrons. The van der Waals surface area contributed by atoms with E-state index in [0.717, 1.165) is 5.69 Å². The van der Waals surface area contributed by atoms with Crippen LogP contribution in [-0.4, -0.2) is 17.9 Å². The molecule has 2 rings (SSSR count). The summed E-state index contributed by atoms with van der Waals surface area (Å²) in [5, 5.41) is 7.39. The third kappa shape index (κ3) is 2.96. The topological polar surface area (TPSA) is 66.0 Å². The van der Waals surface area contributed by atoms with Gasteiger partial charge in [0.15, 0.2) is 5.82 Å². The minimum atomic E-state index is -0.434.